The summed E-state index contributed by atoms with van der Waals surface area (Å²) in [6.07, 6.45) is 3.25. The Kier molecular flexibility index (Phi) is 4.28. The second kappa shape index (κ2) is 6.24. The van der Waals surface area contributed by atoms with Crippen molar-refractivity contribution in [3.8, 4) is 0 Å². The fourth-order valence-corrected chi connectivity index (χ4v) is 3.45. The van der Waals surface area contributed by atoms with Gasteiger partial charge in [0.1, 0.15) is 0 Å². The molecule has 0 aliphatic heterocycles. The molecule has 2 aromatic rings. The molecule has 0 heterocycles. The van der Waals surface area contributed by atoms with Crippen molar-refractivity contribution in [2.24, 2.45) is 0 Å². The fourth-order valence-electron chi connectivity index (χ4n) is 3.45. The Morgan fingerprint density at radius 2 is 1.54 bits per heavy atom. The van der Waals surface area contributed by atoms with Gasteiger partial charge in [0.2, 0.25) is 0 Å². The minimum Gasteiger partial charge on any atom is -0.300 e. The van der Waals surface area contributed by atoms with Gasteiger partial charge in [-0.1, -0.05) is 48.0 Å². The highest BCUT2D eigenvalue weighted by molar-refractivity contribution is 6.14. The van der Waals surface area contributed by atoms with Gasteiger partial charge in [-0.25, -0.2) is 0 Å². The molecule has 0 spiro atoms. The standard InChI is InChI=1S/C23H25N/c1-14-11-13-20(18(5)16(14)3)23(24)22-9-7-6-8-21(22)19-12-10-15(2)17(19)4/h6-11,13,24H,12H2,1-5H3. The second-order valence-corrected chi connectivity index (χ2v) is 6.80. The Hall–Kier alpha value is -2.41. The molecule has 0 fully saturated rings. The first-order valence-electron chi connectivity index (χ1n) is 8.54. The van der Waals surface area contributed by atoms with Crippen molar-refractivity contribution in [1.82, 2.24) is 0 Å². The number of aryl methyl sites for hydroxylation is 1. The van der Waals surface area contributed by atoms with Crippen molar-refractivity contribution >= 4 is 11.3 Å². The normalized spacial score (nSPS) is 14.1. The fraction of sp³-hybridized carbons (Fsp3) is 0.261. The number of nitrogens with one attached hydrogen (secondary N) is 1. The molecule has 2 aromatic carbocycles. The molecule has 3 rings (SSSR count). The third-order valence-electron chi connectivity index (χ3n) is 5.51. The van der Waals surface area contributed by atoms with Crippen molar-refractivity contribution in [3.05, 3.63) is 87.0 Å². The summed E-state index contributed by atoms with van der Waals surface area (Å²) in [6.45, 7) is 10.8. The lowest BCUT2D eigenvalue weighted by atomic mass is 9.88. The third-order valence-corrected chi connectivity index (χ3v) is 5.51. The van der Waals surface area contributed by atoms with E-state index in [2.05, 4.69) is 71.0 Å². The molecule has 1 nitrogen and oxygen atoms in total. The van der Waals surface area contributed by atoms with E-state index in [-0.39, 0.29) is 0 Å². The van der Waals surface area contributed by atoms with Crippen LogP contribution >= 0.6 is 0 Å². The van der Waals surface area contributed by atoms with Gasteiger partial charge in [-0.3, -0.25) is 5.41 Å². The number of rotatable bonds is 3. The van der Waals surface area contributed by atoms with Gasteiger partial charge in [-0.05, 0) is 74.4 Å². The van der Waals surface area contributed by atoms with E-state index in [1.54, 1.807) is 0 Å². The lowest BCUT2D eigenvalue weighted by Gasteiger charge is -2.16. The van der Waals surface area contributed by atoms with Gasteiger partial charge in [-0.2, -0.15) is 0 Å². The summed E-state index contributed by atoms with van der Waals surface area (Å²) in [5, 5.41) is 8.86. The summed E-state index contributed by atoms with van der Waals surface area (Å²) in [5.41, 5.74) is 11.7. The SMILES string of the molecule is CC1=CCC(c2ccccc2C(=N)c2ccc(C)c(C)c2C)=C1C. The molecule has 0 radical (unpaired) electrons. The van der Waals surface area contributed by atoms with Crippen LogP contribution in [0.3, 0.4) is 0 Å². The number of allylic oxidation sites excluding steroid dienone is 4. The number of hydrogen-bond acceptors (Lipinski definition) is 1. The first-order valence-corrected chi connectivity index (χ1v) is 8.54. The van der Waals surface area contributed by atoms with E-state index in [4.69, 9.17) is 5.41 Å². The van der Waals surface area contributed by atoms with Crippen LogP contribution in [-0.4, -0.2) is 5.71 Å². The molecule has 0 aromatic heterocycles. The Morgan fingerprint density at radius 3 is 2.21 bits per heavy atom. The van der Waals surface area contributed by atoms with Gasteiger partial charge in [0.05, 0.1) is 5.71 Å². The first kappa shape index (κ1) is 16.4. The van der Waals surface area contributed by atoms with Crippen LogP contribution in [0.5, 0.6) is 0 Å². The second-order valence-electron chi connectivity index (χ2n) is 6.80. The van der Waals surface area contributed by atoms with Crippen LogP contribution in [0, 0.1) is 26.2 Å². The highest BCUT2D eigenvalue weighted by Gasteiger charge is 2.19. The third kappa shape index (κ3) is 2.65. The smallest absolute Gasteiger partial charge is 0.0693 e. The van der Waals surface area contributed by atoms with Gasteiger partial charge in [-0.15, -0.1) is 0 Å². The molecule has 0 bridgehead atoms. The molecule has 1 N–H and O–H groups in total. The van der Waals surface area contributed by atoms with Gasteiger partial charge in [0, 0.05) is 11.1 Å². The molecule has 1 aliphatic rings. The topological polar surface area (TPSA) is 23.9 Å². The van der Waals surface area contributed by atoms with Gasteiger partial charge in [0.25, 0.3) is 0 Å². The molecule has 1 aliphatic carbocycles. The molecular weight excluding hydrogens is 290 g/mol. The summed E-state index contributed by atoms with van der Waals surface area (Å²) in [4.78, 5) is 0. The van der Waals surface area contributed by atoms with Crippen LogP contribution in [0.15, 0.2) is 53.6 Å². The zero-order valence-corrected chi connectivity index (χ0v) is 15.2. The molecule has 0 saturated carbocycles. The first-order chi connectivity index (χ1) is 11.4. The van der Waals surface area contributed by atoms with E-state index in [1.165, 1.54) is 39.0 Å². The van der Waals surface area contributed by atoms with Crippen molar-refractivity contribution < 1.29 is 0 Å². The van der Waals surface area contributed by atoms with E-state index < -0.39 is 0 Å². The zero-order chi connectivity index (χ0) is 17.4. The Morgan fingerprint density at radius 1 is 0.833 bits per heavy atom. The highest BCUT2D eigenvalue weighted by atomic mass is 14.4. The molecule has 0 unspecified atom stereocenters. The Bertz CT molecular complexity index is 894. The maximum Gasteiger partial charge on any atom is 0.0693 e. The van der Waals surface area contributed by atoms with Gasteiger partial charge >= 0.3 is 0 Å². The Labute approximate surface area is 145 Å². The molecular formula is C23H25N. The monoisotopic (exact) mass is 315 g/mol. The maximum absolute atomic E-state index is 8.86. The van der Waals surface area contributed by atoms with Crippen LogP contribution in [-0.2, 0) is 0 Å². The van der Waals surface area contributed by atoms with Gasteiger partial charge in [0.15, 0.2) is 0 Å². The quantitative estimate of drug-likeness (QED) is 0.657. The predicted molar refractivity (Wildman–Crippen MR) is 104 cm³/mol. The summed E-state index contributed by atoms with van der Waals surface area (Å²) in [6, 6.07) is 12.6. The van der Waals surface area contributed by atoms with E-state index in [1.807, 2.05) is 6.07 Å². The predicted octanol–water partition coefficient (Wildman–Crippen LogP) is 6.15. The van der Waals surface area contributed by atoms with Crippen LogP contribution in [0.25, 0.3) is 5.57 Å². The average molecular weight is 315 g/mol. The average Bonchev–Trinajstić information content (AvgIpc) is 2.91. The lowest BCUT2D eigenvalue weighted by molar-refractivity contribution is 1.25. The van der Waals surface area contributed by atoms with E-state index >= 15 is 0 Å². The minimum absolute atomic E-state index is 0.621. The molecule has 1 heteroatoms. The summed E-state index contributed by atoms with van der Waals surface area (Å²) >= 11 is 0. The van der Waals surface area contributed by atoms with Crippen molar-refractivity contribution in [2.45, 2.75) is 41.0 Å². The van der Waals surface area contributed by atoms with Crippen LogP contribution in [0.2, 0.25) is 0 Å². The number of hydrogen-bond donors (Lipinski definition) is 1. The number of benzene rings is 2. The highest BCUT2D eigenvalue weighted by Crippen LogP contribution is 2.35. The minimum atomic E-state index is 0.621. The summed E-state index contributed by atoms with van der Waals surface area (Å²) < 4.78 is 0. The maximum atomic E-state index is 8.86. The lowest BCUT2D eigenvalue weighted by Crippen LogP contribution is -2.08. The summed E-state index contributed by atoms with van der Waals surface area (Å²) in [5.74, 6) is 0. The molecule has 24 heavy (non-hydrogen) atoms. The molecule has 0 amide bonds. The molecule has 122 valence electrons. The van der Waals surface area contributed by atoms with Crippen LogP contribution < -0.4 is 0 Å². The van der Waals surface area contributed by atoms with E-state index in [0.717, 1.165) is 17.5 Å². The van der Waals surface area contributed by atoms with Crippen LogP contribution in [0.4, 0.5) is 0 Å². The van der Waals surface area contributed by atoms with E-state index in [0.29, 0.717) is 5.71 Å². The van der Waals surface area contributed by atoms with Gasteiger partial charge < -0.3 is 0 Å². The van der Waals surface area contributed by atoms with Crippen molar-refractivity contribution in [3.63, 3.8) is 0 Å². The molecule has 0 saturated heterocycles. The Balaban J connectivity index is 2.12. The van der Waals surface area contributed by atoms with E-state index in [9.17, 15) is 0 Å². The van der Waals surface area contributed by atoms with Crippen molar-refractivity contribution in [1.29, 1.82) is 5.41 Å². The van der Waals surface area contributed by atoms with Crippen LogP contribution in [0.1, 0.15) is 53.6 Å². The van der Waals surface area contributed by atoms with Crippen molar-refractivity contribution in [2.75, 3.05) is 0 Å². The largest absolute Gasteiger partial charge is 0.300 e. The molecule has 0 atom stereocenters. The summed E-state index contributed by atoms with van der Waals surface area (Å²) in [7, 11) is 0. The zero-order valence-electron chi connectivity index (χ0n) is 15.2.